The Kier molecular flexibility index (Phi) is 7.93. The molecule has 0 saturated heterocycles. The lowest BCUT2D eigenvalue weighted by molar-refractivity contribution is 0.102. The number of aryl methyl sites for hydroxylation is 2. The Hall–Kier alpha value is -2.57. The number of nitrogens with one attached hydrogen (secondary N) is 1. The van der Waals surface area contributed by atoms with Crippen molar-refractivity contribution in [2.75, 3.05) is 23.8 Å². The Morgan fingerprint density at radius 2 is 1.90 bits per heavy atom. The predicted octanol–water partition coefficient (Wildman–Crippen LogP) is 6.14. The third-order valence-corrected chi connectivity index (χ3v) is 6.04. The number of carbonyl (C=O) groups is 1. The van der Waals surface area contributed by atoms with E-state index in [0.717, 1.165) is 35.6 Å². The highest BCUT2D eigenvalue weighted by molar-refractivity contribution is 7.98. The number of amides is 1. The minimum atomic E-state index is -0.127. The second kappa shape index (κ2) is 10.6. The van der Waals surface area contributed by atoms with Crippen molar-refractivity contribution in [3.05, 3.63) is 75.9 Å². The summed E-state index contributed by atoms with van der Waals surface area (Å²) >= 11 is 7.70. The van der Waals surface area contributed by atoms with Crippen molar-refractivity contribution in [3.8, 4) is 0 Å². The zero-order valence-corrected chi connectivity index (χ0v) is 19.8. The monoisotopic (exact) mass is 454 g/mol. The van der Waals surface area contributed by atoms with Crippen molar-refractivity contribution in [2.45, 2.75) is 38.1 Å². The molecule has 162 valence electrons. The molecule has 0 aliphatic heterocycles. The fraction of sp³-hybridized carbons (Fsp3) is 0.292. The highest BCUT2D eigenvalue weighted by Crippen LogP contribution is 2.25. The molecule has 1 heterocycles. The molecule has 0 aliphatic rings. The van der Waals surface area contributed by atoms with Crippen molar-refractivity contribution in [2.24, 2.45) is 0 Å². The number of thioether (sulfide) groups is 1. The first-order chi connectivity index (χ1) is 14.9. The van der Waals surface area contributed by atoms with Crippen molar-refractivity contribution in [3.63, 3.8) is 0 Å². The normalized spacial score (nSPS) is 10.7. The van der Waals surface area contributed by atoms with Crippen molar-refractivity contribution in [1.29, 1.82) is 0 Å². The van der Waals surface area contributed by atoms with Gasteiger partial charge in [-0.15, -0.1) is 0 Å². The molecule has 0 radical (unpaired) electrons. The molecule has 7 heteroatoms. The first-order valence-corrected chi connectivity index (χ1v) is 11.6. The van der Waals surface area contributed by atoms with Crippen LogP contribution < -0.4 is 10.2 Å². The summed E-state index contributed by atoms with van der Waals surface area (Å²) in [6.07, 6.45) is 1.03. The van der Waals surface area contributed by atoms with E-state index in [0.29, 0.717) is 21.6 Å². The van der Waals surface area contributed by atoms with E-state index in [1.54, 1.807) is 6.07 Å². The van der Waals surface area contributed by atoms with Crippen LogP contribution in [0.3, 0.4) is 0 Å². The number of rotatable bonds is 8. The van der Waals surface area contributed by atoms with Crippen molar-refractivity contribution < 1.29 is 4.79 Å². The SMILES string of the molecule is CCCN(C)c1cc(Cl)nc(SCc2cccc(C(=O)Nc3ccc(C)c(C)c3)c2)n1. The molecular weight excluding hydrogens is 428 g/mol. The fourth-order valence-corrected chi connectivity index (χ4v) is 4.09. The van der Waals surface area contributed by atoms with E-state index in [1.165, 1.54) is 17.3 Å². The van der Waals surface area contributed by atoms with Crippen LogP contribution in [0.2, 0.25) is 5.15 Å². The molecular formula is C24H27ClN4OS. The quantitative estimate of drug-likeness (QED) is 0.252. The molecule has 0 aliphatic carbocycles. The van der Waals surface area contributed by atoms with Gasteiger partial charge in [0, 0.05) is 36.7 Å². The van der Waals surface area contributed by atoms with Crippen molar-refractivity contribution >= 4 is 40.8 Å². The van der Waals surface area contributed by atoms with E-state index in [2.05, 4.69) is 34.0 Å². The maximum Gasteiger partial charge on any atom is 0.255 e. The largest absolute Gasteiger partial charge is 0.360 e. The summed E-state index contributed by atoms with van der Waals surface area (Å²) < 4.78 is 0. The number of hydrogen-bond acceptors (Lipinski definition) is 5. The molecule has 0 atom stereocenters. The summed E-state index contributed by atoms with van der Waals surface area (Å²) in [5.41, 5.74) is 4.78. The molecule has 3 aromatic rings. The first-order valence-electron chi connectivity index (χ1n) is 10.2. The third kappa shape index (κ3) is 6.45. The summed E-state index contributed by atoms with van der Waals surface area (Å²) in [6.45, 7) is 7.11. The molecule has 1 N–H and O–H groups in total. The number of nitrogens with zero attached hydrogens (tertiary/aromatic N) is 3. The fourth-order valence-electron chi connectivity index (χ4n) is 3.07. The van der Waals surface area contributed by atoms with Gasteiger partial charge in [0.1, 0.15) is 11.0 Å². The van der Waals surface area contributed by atoms with Gasteiger partial charge in [-0.2, -0.15) is 0 Å². The van der Waals surface area contributed by atoms with Crippen LogP contribution in [0.4, 0.5) is 11.5 Å². The Morgan fingerprint density at radius 1 is 1.10 bits per heavy atom. The van der Waals surface area contributed by atoms with Crippen LogP contribution in [0.15, 0.2) is 53.7 Å². The average molecular weight is 455 g/mol. The van der Waals surface area contributed by atoms with Gasteiger partial charge in [-0.25, -0.2) is 9.97 Å². The van der Waals surface area contributed by atoms with E-state index in [4.69, 9.17) is 11.6 Å². The van der Waals surface area contributed by atoms with E-state index >= 15 is 0 Å². The molecule has 0 saturated carbocycles. The van der Waals surface area contributed by atoms with Crippen LogP contribution in [0.1, 0.15) is 40.4 Å². The number of hydrogen-bond donors (Lipinski definition) is 1. The maximum absolute atomic E-state index is 12.7. The van der Waals surface area contributed by atoms with Gasteiger partial charge in [0.2, 0.25) is 0 Å². The van der Waals surface area contributed by atoms with Crippen LogP contribution in [0.25, 0.3) is 0 Å². The maximum atomic E-state index is 12.7. The van der Waals surface area contributed by atoms with Crippen LogP contribution in [-0.2, 0) is 5.75 Å². The van der Waals surface area contributed by atoms with E-state index in [-0.39, 0.29) is 5.91 Å². The summed E-state index contributed by atoms with van der Waals surface area (Å²) in [7, 11) is 1.99. The molecule has 0 fully saturated rings. The van der Waals surface area contributed by atoms with Gasteiger partial charge in [0.05, 0.1) is 0 Å². The Morgan fingerprint density at radius 3 is 2.65 bits per heavy atom. The van der Waals surface area contributed by atoms with Crippen LogP contribution in [0.5, 0.6) is 0 Å². The number of benzene rings is 2. The molecule has 1 aromatic heterocycles. The molecule has 0 unspecified atom stereocenters. The molecule has 31 heavy (non-hydrogen) atoms. The predicted molar refractivity (Wildman–Crippen MR) is 130 cm³/mol. The lowest BCUT2D eigenvalue weighted by atomic mass is 10.1. The second-order valence-corrected chi connectivity index (χ2v) is 8.82. The smallest absolute Gasteiger partial charge is 0.255 e. The minimum absolute atomic E-state index is 0.127. The van der Waals surface area contributed by atoms with Crippen LogP contribution >= 0.6 is 23.4 Å². The minimum Gasteiger partial charge on any atom is -0.360 e. The topological polar surface area (TPSA) is 58.1 Å². The Balaban J connectivity index is 1.68. The van der Waals surface area contributed by atoms with E-state index < -0.39 is 0 Å². The zero-order valence-electron chi connectivity index (χ0n) is 18.3. The summed E-state index contributed by atoms with van der Waals surface area (Å²) in [6, 6.07) is 15.3. The van der Waals surface area contributed by atoms with Crippen LogP contribution in [-0.4, -0.2) is 29.5 Å². The first kappa shape index (κ1) is 23.1. The van der Waals surface area contributed by atoms with Gasteiger partial charge in [-0.05, 0) is 61.2 Å². The second-order valence-electron chi connectivity index (χ2n) is 7.50. The number of aromatic nitrogens is 2. The summed E-state index contributed by atoms with van der Waals surface area (Å²) in [5.74, 6) is 1.32. The van der Waals surface area contributed by atoms with E-state index in [1.807, 2.05) is 56.4 Å². The molecule has 5 nitrogen and oxygen atoms in total. The Labute approximate surface area is 193 Å². The zero-order chi connectivity index (χ0) is 22.4. The third-order valence-electron chi connectivity index (χ3n) is 4.93. The summed E-state index contributed by atoms with van der Waals surface area (Å²) in [4.78, 5) is 23.7. The van der Waals surface area contributed by atoms with Gasteiger partial charge in [0.25, 0.3) is 5.91 Å². The lowest BCUT2D eigenvalue weighted by Crippen LogP contribution is -2.19. The average Bonchev–Trinajstić information content (AvgIpc) is 2.75. The highest BCUT2D eigenvalue weighted by atomic mass is 35.5. The molecule has 1 amide bonds. The highest BCUT2D eigenvalue weighted by Gasteiger charge is 2.10. The molecule has 0 bridgehead atoms. The number of halogens is 1. The standard InChI is InChI=1S/C24H27ClN4OS/c1-5-11-29(4)22-14-21(25)27-24(28-22)31-15-18-7-6-8-19(13-18)23(30)26-20-10-9-16(2)17(3)12-20/h6-10,12-14H,5,11,15H2,1-4H3,(H,26,30). The molecule has 0 spiro atoms. The van der Waals surface area contributed by atoms with Crippen LogP contribution in [0, 0.1) is 13.8 Å². The van der Waals surface area contributed by atoms with Gasteiger partial charge in [-0.3, -0.25) is 4.79 Å². The van der Waals surface area contributed by atoms with Gasteiger partial charge >= 0.3 is 0 Å². The number of anilines is 2. The van der Waals surface area contributed by atoms with Crippen molar-refractivity contribution in [1.82, 2.24) is 9.97 Å². The molecule has 3 rings (SSSR count). The lowest BCUT2D eigenvalue weighted by Gasteiger charge is -2.17. The van der Waals surface area contributed by atoms with Gasteiger partial charge < -0.3 is 10.2 Å². The molecule has 2 aromatic carbocycles. The summed E-state index contributed by atoms with van der Waals surface area (Å²) in [5, 5.41) is 4.02. The van der Waals surface area contributed by atoms with Gasteiger partial charge in [-0.1, -0.05) is 48.5 Å². The van der Waals surface area contributed by atoms with E-state index in [9.17, 15) is 4.79 Å². The number of carbonyl (C=O) groups excluding carboxylic acids is 1. The van der Waals surface area contributed by atoms with Gasteiger partial charge in [0.15, 0.2) is 5.16 Å². The Bertz CT molecular complexity index is 1070.